The minimum absolute atomic E-state index is 0.323. The van der Waals surface area contributed by atoms with Gasteiger partial charge in [-0.25, -0.2) is 0 Å². The van der Waals surface area contributed by atoms with Crippen LogP contribution in [-0.4, -0.2) is 39.8 Å². The normalized spacial score (nSPS) is 30.3. The average Bonchev–Trinajstić information content (AvgIpc) is 2.52. The Kier molecular flexibility index (Phi) is 4.41. The van der Waals surface area contributed by atoms with Crippen molar-refractivity contribution in [2.24, 2.45) is 0 Å². The van der Waals surface area contributed by atoms with E-state index in [4.69, 9.17) is 5.11 Å². The van der Waals surface area contributed by atoms with Crippen molar-refractivity contribution in [1.29, 1.82) is 0 Å². The van der Waals surface area contributed by atoms with Crippen LogP contribution in [0.15, 0.2) is 0 Å². The highest BCUT2D eigenvalue weighted by molar-refractivity contribution is 8.00. The first kappa shape index (κ1) is 11.2. The fraction of sp³-hybridized carbons (Fsp3) is 0.875. The van der Waals surface area contributed by atoms with Crippen molar-refractivity contribution in [3.63, 3.8) is 0 Å². The number of carboxylic acids is 1. The highest BCUT2D eigenvalue weighted by Crippen LogP contribution is 2.25. The summed E-state index contributed by atoms with van der Waals surface area (Å²) in [5.41, 5.74) is 0. The molecule has 0 aliphatic carbocycles. The van der Waals surface area contributed by atoms with E-state index in [0.29, 0.717) is 16.4 Å². The zero-order valence-corrected chi connectivity index (χ0v) is 9.45. The molecule has 2 N–H and O–H groups in total. The fourth-order valence-electron chi connectivity index (χ4n) is 1.21. The van der Waals surface area contributed by atoms with E-state index >= 15 is 0 Å². The second kappa shape index (κ2) is 5.12. The Morgan fingerprint density at radius 1 is 1.85 bits per heavy atom. The molecule has 1 saturated heterocycles. The van der Waals surface area contributed by atoms with Gasteiger partial charge in [0.05, 0.1) is 5.37 Å². The SMILES string of the molecule is CS[C@@H](C)C[C@H]1N[C@H](C(=O)O)CS1. The summed E-state index contributed by atoms with van der Waals surface area (Å²) in [6, 6.07) is -0.343. The molecule has 0 aromatic rings. The van der Waals surface area contributed by atoms with Crippen molar-refractivity contribution in [2.75, 3.05) is 12.0 Å². The van der Waals surface area contributed by atoms with E-state index in [2.05, 4.69) is 18.5 Å². The molecule has 0 amide bonds. The third-order valence-corrected chi connectivity index (χ3v) is 4.35. The number of hydrogen-bond donors (Lipinski definition) is 2. The molecular formula is C8H15NO2S2. The third-order valence-electron chi connectivity index (χ3n) is 2.10. The summed E-state index contributed by atoms with van der Waals surface area (Å²) in [5, 5.41) is 12.8. The smallest absolute Gasteiger partial charge is 0.321 e. The Labute approximate surface area is 87.0 Å². The molecule has 1 heterocycles. The molecule has 76 valence electrons. The van der Waals surface area contributed by atoms with E-state index in [0.717, 1.165) is 6.42 Å². The number of nitrogens with one attached hydrogen (secondary N) is 1. The summed E-state index contributed by atoms with van der Waals surface area (Å²) in [5.74, 6) is -0.0343. The molecule has 0 aromatic carbocycles. The maximum Gasteiger partial charge on any atom is 0.321 e. The Morgan fingerprint density at radius 2 is 2.54 bits per heavy atom. The quantitative estimate of drug-likeness (QED) is 0.748. The molecule has 1 aliphatic rings. The first-order chi connectivity index (χ1) is 6.13. The van der Waals surface area contributed by atoms with Gasteiger partial charge in [0.1, 0.15) is 6.04 Å². The lowest BCUT2D eigenvalue weighted by atomic mass is 10.3. The van der Waals surface area contributed by atoms with E-state index in [1.54, 1.807) is 11.8 Å². The number of hydrogen-bond acceptors (Lipinski definition) is 4. The van der Waals surface area contributed by atoms with Gasteiger partial charge < -0.3 is 5.11 Å². The number of aliphatic carboxylic acids is 1. The van der Waals surface area contributed by atoms with Gasteiger partial charge in [-0.05, 0) is 12.7 Å². The lowest BCUT2D eigenvalue weighted by molar-refractivity contribution is -0.138. The lowest BCUT2D eigenvalue weighted by Crippen LogP contribution is -2.37. The van der Waals surface area contributed by atoms with E-state index in [-0.39, 0.29) is 6.04 Å². The van der Waals surface area contributed by atoms with Gasteiger partial charge in [-0.15, -0.1) is 11.8 Å². The number of carboxylic acid groups (broad SMARTS) is 1. The predicted octanol–water partition coefficient (Wildman–Crippen LogP) is 1.24. The van der Waals surface area contributed by atoms with Crippen LogP contribution < -0.4 is 5.32 Å². The van der Waals surface area contributed by atoms with Crippen LogP contribution in [0.3, 0.4) is 0 Å². The number of thioether (sulfide) groups is 2. The summed E-state index contributed by atoms with van der Waals surface area (Å²) in [7, 11) is 0. The van der Waals surface area contributed by atoms with Crippen molar-refractivity contribution in [2.45, 2.75) is 30.0 Å². The molecule has 1 rings (SSSR count). The molecule has 0 unspecified atom stereocenters. The zero-order chi connectivity index (χ0) is 9.84. The van der Waals surface area contributed by atoms with Crippen molar-refractivity contribution in [1.82, 2.24) is 5.32 Å². The van der Waals surface area contributed by atoms with Crippen LogP contribution in [0, 0.1) is 0 Å². The van der Waals surface area contributed by atoms with E-state index in [9.17, 15) is 4.79 Å². The van der Waals surface area contributed by atoms with Crippen molar-refractivity contribution in [3.05, 3.63) is 0 Å². The Hall–Kier alpha value is 0.130. The van der Waals surface area contributed by atoms with E-state index in [1.807, 2.05) is 11.8 Å². The second-order valence-electron chi connectivity index (χ2n) is 3.16. The molecule has 3 atom stereocenters. The fourth-order valence-corrected chi connectivity index (χ4v) is 3.06. The van der Waals surface area contributed by atoms with Crippen LogP contribution in [0.5, 0.6) is 0 Å². The Balaban J connectivity index is 2.29. The van der Waals surface area contributed by atoms with Gasteiger partial charge >= 0.3 is 5.97 Å². The minimum Gasteiger partial charge on any atom is -0.480 e. The first-order valence-electron chi connectivity index (χ1n) is 4.26. The highest BCUT2D eigenvalue weighted by atomic mass is 32.2. The van der Waals surface area contributed by atoms with Crippen LogP contribution in [0.1, 0.15) is 13.3 Å². The van der Waals surface area contributed by atoms with Gasteiger partial charge in [-0.1, -0.05) is 6.92 Å². The molecular weight excluding hydrogens is 206 g/mol. The maximum absolute atomic E-state index is 10.6. The summed E-state index contributed by atoms with van der Waals surface area (Å²) in [6.45, 7) is 2.17. The van der Waals surface area contributed by atoms with E-state index in [1.165, 1.54) is 0 Å². The largest absolute Gasteiger partial charge is 0.480 e. The molecule has 0 bridgehead atoms. The summed E-state index contributed by atoms with van der Waals surface area (Å²) in [6.07, 6.45) is 3.12. The topological polar surface area (TPSA) is 49.3 Å². The van der Waals surface area contributed by atoms with Gasteiger partial charge in [-0.3, -0.25) is 10.1 Å². The van der Waals surface area contributed by atoms with Gasteiger partial charge in [-0.2, -0.15) is 11.8 Å². The number of rotatable bonds is 4. The summed E-state index contributed by atoms with van der Waals surface area (Å²) >= 11 is 3.54. The van der Waals surface area contributed by atoms with Crippen LogP contribution in [0.2, 0.25) is 0 Å². The predicted molar refractivity (Wildman–Crippen MR) is 58.4 cm³/mol. The zero-order valence-electron chi connectivity index (χ0n) is 7.82. The summed E-state index contributed by atoms with van der Waals surface area (Å²) < 4.78 is 0. The monoisotopic (exact) mass is 221 g/mol. The van der Waals surface area contributed by atoms with Gasteiger partial charge in [0.15, 0.2) is 0 Å². The molecule has 0 aromatic heterocycles. The standard InChI is InChI=1S/C8H15NO2S2/c1-5(12-2)3-7-9-6(4-13-7)8(10)11/h5-7,9H,3-4H2,1-2H3,(H,10,11)/t5-,6-,7-/m0/s1. The molecule has 3 nitrogen and oxygen atoms in total. The van der Waals surface area contributed by atoms with Gasteiger partial charge in [0.25, 0.3) is 0 Å². The molecule has 1 aliphatic heterocycles. The Morgan fingerprint density at radius 3 is 3.00 bits per heavy atom. The molecule has 13 heavy (non-hydrogen) atoms. The van der Waals surface area contributed by atoms with Crippen LogP contribution in [0.4, 0.5) is 0 Å². The van der Waals surface area contributed by atoms with Crippen molar-refractivity contribution < 1.29 is 9.90 Å². The average molecular weight is 221 g/mol. The van der Waals surface area contributed by atoms with Gasteiger partial charge in [0, 0.05) is 11.0 Å². The maximum atomic E-state index is 10.6. The molecule has 0 spiro atoms. The van der Waals surface area contributed by atoms with Crippen LogP contribution >= 0.6 is 23.5 Å². The van der Waals surface area contributed by atoms with Crippen molar-refractivity contribution in [3.8, 4) is 0 Å². The van der Waals surface area contributed by atoms with Crippen molar-refractivity contribution >= 4 is 29.5 Å². The van der Waals surface area contributed by atoms with E-state index < -0.39 is 5.97 Å². The van der Waals surface area contributed by atoms with Gasteiger partial charge in [0.2, 0.25) is 0 Å². The van der Waals surface area contributed by atoms with Crippen LogP contribution in [-0.2, 0) is 4.79 Å². The first-order valence-corrected chi connectivity index (χ1v) is 6.60. The molecule has 1 fully saturated rings. The number of carbonyl (C=O) groups is 1. The minimum atomic E-state index is -0.730. The lowest BCUT2D eigenvalue weighted by Gasteiger charge is -2.14. The Bertz CT molecular complexity index is 189. The third kappa shape index (κ3) is 3.40. The molecule has 0 radical (unpaired) electrons. The van der Waals surface area contributed by atoms with Crippen LogP contribution in [0.25, 0.3) is 0 Å². The summed E-state index contributed by atoms with van der Waals surface area (Å²) in [4.78, 5) is 10.6. The second-order valence-corrected chi connectivity index (χ2v) is 5.67. The molecule has 0 saturated carbocycles. The highest BCUT2D eigenvalue weighted by Gasteiger charge is 2.29. The molecule has 5 heteroatoms.